The smallest absolute Gasteiger partial charge is 0.363 e. The largest absolute Gasteiger partial charge is 0.417 e. The highest BCUT2D eigenvalue weighted by atomic mass is 35.5. The van der Waals surface area contributed by atoms with E-state index >= 15 is 0 Å². The lowest BCUT2D eigenvalue weighted by molar-refractivity contribution is -0.137. The Morgan fingerprint density at radius 2 is 1.75 bits per heavy atom. The van der Waals surface area contributed by atoms with Crippen LogP contribution in [0.3, 0.4) is 0 Å². The van der Waals surface area contributed by atoms with Gasteiger partial charge in [0.1, 0.15) is 12.4 Å². The monoisotopic (exact) mass is 560 g/mol. The van der Waals surface area contributed by atoms with Gasteiger partial charge in [-0.1, -0.05) is 54.4 Å². The normalized spacial score (nSPS) is 12.0. The van der Waals surface area contributed by atoms with Gasteiger partial charge in [0.25, 0.3) is 10.0 Å². The minimum absolute atomic E-state index is 0.0497. The van der Waals surface area contributed by atoms with Gasteiger partial charge in [-0.25, -0.2) is 17.7 Å². The van der Waals surface area contributed by atoms with Gasteiger partial charge in [-0.3, -0.25) is 4.79 Å². The molecular formula is C24H21Cl2F3N2O4S. The molecule has 3 aromatic rings. The van der Waals surface area contributed by atoms with Gasteiger partial charge in [-0.15, -0.1) is 0 Å². The fraction of sp³-hybridized carbons (Fsp3) is 0.250. The summed E-state index contributed by atoms with van der Waals surface area (Å²) < 4.78 is 73.2. The van der Waals surface area contributed by atoms with Crippen LogP contribution in [0, 0.1) is 6.92 Å². The zero-order chi connectivity index (χ0) is 26.8. The second kappa shape index (κ2) is 10.8. The van der Waals surface area contributed by atoms with E-state index in [0.29, 0.717) is 27.9 Å². The number of ether oxygens (including phenoxy) is 1. The quantitative estimate of drug-likeness (QED) is 0.238. The number of aromatic nitrogens is 1. The van der Waals surface area contributed by atoms with Crippen molar-refractivity contribution in [1.29, 1.82) is 0 Å². The molecule has 0 saturated heterocycles. The molecule has 0 aliphatic rings. The van der Waals surface area contributed by atoms with Gasteiger partial charge >= 0.3 is 6.18 Å². The van der Waals surface area contributed by atoms with Crippen LogP contribution in [0.4, 0.5) is 18.9 Å². The summed E-state index contributed by atoms with van der Waals surface area (Å²) in [5.41, 5.74) is -0.544. The summed E-state index contributed by atoms with van der Waals surface area (Å²) in [5.74, 6) is -0.578. The molecule has 6 nitrogen and oxygen atoms in total. The number of benzene rings is 2. The molecule has 0 saturated carbocycles. The summed E-state index contributed by atoms with van der Waals surface area (Å²) in [6.45, 7) is 2.76. The maximum atomic E-state index is 13.6. The number of carbonyl (C=O) groups is 1. The first kappa shape index (κ1) is 27.9. The number of anilines is 1. The van der Waals surface area contributed by atoms with Gasteiger partial charge in [-0.2, -0.15) is 13.2 Å². The summed E-state index contributed by atoms with van der Waals surface area (Å²) in [6, 6.07) is 10.2. The predicted molar refractivity (Wildman–Crippen MR) is 131 cm³/mol. The number of carbonyl (C=O) groups excluding carboxylic acids is 1. The van der Waals surface area contributed by atoms with Gasteiger partial charge in [-0.05, 0) is 43.2 Å². The third-order valence-electron chi connectivity index (χ3n) is 5.34. The van der Waals surface area contributed by atoms with Gasteiger partial charge in [0, 0.05) is 12.7 Å². The fourth-order valence-electron chi connectivity index (χ4n) is 3.50. The van der Waals surface area contributed by atoms with E-state index in [2.05, 4.69) is 4.98 Å². The molecule has 1 aromatic heterocycles. The van der Waals surface area contributed by atoms with E-state index in [1.165, 1.54) is 13.2 Å². The molecule has 0 fully saturated rings. The molecule has 2 aromatic carbocycles. The van der Waals surface area contributed by atoms with E-state index in [1.54, 1.807) is 31.2 Å². The molecular weight excluding hydrogens is 540 g/mol. The Morgan fingerprint density at radius 1 is 1.08 bits per heavy atom. The highest BCUT2D eigenvalue weighted by Crippen LogP contribution is 2.38. The third kappa shape index (κ3) is 5.51. The number of ketones is 1. The molecule has 3 rings (SSSR count). The highest BCUT2D eigenvalue weighted by Gasteiger charge is 2.37. The van der Waals surface area contributed by atoms with E-state index in [0.717, 1.165) is 12.1 Å². The van der Waals surface area contributed by atoms with E-state index in [4.69, 9.17) is 27.9 Å². The number of sulfonamides is 1. The van der Waals surface area contributed by atoms with Gasteiger partial charge in [0.05, 0.1) is 31.9 Å². The van der Waals surface area contributed by atoms with Crippen LogP contribution in [0.1, 0.15) is 39.8 Å². The summed E-state index contributed by atoms with van der Waals surface area (Å²) in [6.07, 6.45) is -4.37. The number of aryl methyl sites for hydroxylation is 2. The van der Waals surface area contributed by atoms with Crippen molar-refractivity contribution in [3.05, 3.63) is 86.7 Å². The Hall–Kier alpha value is -2.66. The number of hydrogen-bond acceptors (Lipinski definition) is 5. The second-order valence-electron chi connectivity index (χ2n) is 7.67. The number of methoxy groups -OCH3 is 1. The molecule has 0 amide bonds. The van der Waals surface area contributed by atoms with Crippen LogP contribution in [0.25, 0.3) is 0 Å². The van der Waals surface area contributed by atoms with E-state index in [9.17, 15) is 26.4 Å². The van der Waals surface area contributed by atoms with Crippen molar-refractivity contribution in [3.8, 4) is 0 Å². The van der Waals surface area contributed by atoms with Crippen molar-refractivity contribution in [2.45, 2.75) is 31.3 Å². The zero-order valence-electron chi connectivity index (χ0n) is 19.4. The first-order valence-corrected chi connectivity index (χ1v) is 12.7. The molecule has 1 heterocycles. The average molecular weight is 561 g/mol. The van der Waals surface area contributed by atoms with Crippen LogP contribution >= 0.6 is 23.2 Å². The van der Waals surface area contributed by atoms with E-state index < -0.39 is 44.2 Å². The van der Waals surface area contributed by atoms with E-state index in [1.807, 2.05) is 6.92 Å². The molecule has 0 N–H and O–H groups in total. The van der Waals surface area contributed by atoms with Crippen molar-refractivity contribution < 1.29 is 31.1 Å². The Bertz CT molecular complexity index is 1410. The fourth-order valence-corrected chi connectivity index (χ4v) is 5.27. The standard InChI is InChI=1S/C24H21Cl2F3N2O4S/c1-4-15-7-5-6-8-17(15)23(32)22-21(12-20(26)14(2)30-22)31(13-35-3)36(33,34)16-9-10-19(25)18(11-16)24(27,28)29/h5-12H,4,13H2,1-3H3. The van der Waals surface area contributed by atoms with Gasteiger partial charge < -0.3 is 4.74 Å². The SMILES string of the molecule is CCc1ccccc1C(=O)c1nc(C)c(Cl)cc1N(COC)S(=O)(=O)c1ccc(Cl)c(C(F)(F)F)c1. The molecule has 0 radical (unpaired) electrons. The number of nitrogens with zero attached hydrogens (tertiary/aromatic N) is 2. The second-order valence-corrected chi connectivity index (χ2v) is 10.4. The number of hydrogen-bond donors (Lipinski definition) is 0. The Kier molecular flexibility index (Phi) is 8.34. The summed E-state index contributed by atoms with van der Waals surface area (Å²) in [7, 11) is -3.50. The average Bonchev–Trinajstić information content (AvgIpc) is 2.82. The van der Waals surface area contributed by atoms with Crippen LogP contribution in [0.15, 0.2) is 53.4 Å². The number of alkyl halides is 3. The number of halogens is 5. The molecule has 36 heavy (non-hydrogen) atoms. The minimum atomic E-state index is -4.89. The molecule has 192 valence electrons. The molecule has 0 unspecified atom stereocenters. The first-order valence-electron chi connectivity index (χ1n) is 10.5. The Labute approximate surface area is 216 Å². The first-order chi connectivity index (χ1) is 16.8. The van der Waals surface area contributed by atoms with Crippen LogP contribution in [0.2, 0.25) is 10.0 Å². The molecule has 0 aliphatic heterocycles. The lowest BCUT2D eigenvalue weighted by atomic mass is 9.98. The summed E-state index contributed by atoms with van der Waals surface area (Å²) in [4.78, 5) is 17.1. The summed E-state index contributed by atoms with van der Waals surface area (Å²) >= 11 is 11.9. The lowest BCUT2D eigenvalue weighted by Gasteiger charge is -2.26. The number of rotatable bonds is 8. The Morgan fingerprint density at radius 3 is 2.36 bits per heavy atom. The predicted octanol–water partition coefficient (Wildman–Crippen LogP) is 6.31. The van der Waals surface area contributed by atoms with Gasteiger partial charge in [0.2, 0.25) is 5.78 Å². The molecule has 0 bridgehead atoms. The topological polar surface area (TPSA) is 76.6 Å². The van der Waals surface area contributed by atoms with Crippen LogP contribution in [-0.2, 0) is 27.4 Å². The van der Waals surface area contributed by atoms with Crippen molar-refractivity contribution in [3.63, 3.8) is 0 Å². The Balaban J connectivity index is 2.26. The molecule has 0 spiro atoms. The minimum Gasteiger partial charge on any atom is -0.363 e. The lowest BCUT2D eigenvalue weighted by Crippen LogP contribution is -2.35. The summed E-state index contributed by atoms with van der Waals surface area (Å²) in [5, 5.41) is -0.611. The van der Waals surface area contributed by atoms with Crippen LogP contribution < -0.4 is 4.31 Å². The van der Waals surface area contributed by atoms with Crippen molar-refractivity contribution in [2.24, 2.45) is 0 Å². The molecule has 0 atom stereocenters. The maximum absolute atomic E-state index is 13.6. The van der Waals surface area contributed by atoms with Crippen molar-refractivity contribution in [1.82, 2.24) is 4.98 Å². The van der Waals surface area contributed by atoms with Crippen molar-refractivity contribution >= 4 is 44.7 Å². The third-order valence-corrected chi connectivity index (χ3v) is 7.78. The zero-order valence-corrected chi connectivity index (χ0v) is 21.7. The molecule has 12 heteroatoms. The van der Waals surface area contributed by atoms with Gasteiger partial charge in [0.15, 0.2) is 0 Å². The van der Waals surface area contributed by atoms with Crippen LogP contribution in [0.5, 0.6) is 0 Å². The van der Waals surface area contributed by atoms with Crippen LogP contribution in [-0.4, -0.2) is 33.0 Å². The van der Waals surface area contributed by atoms with Crippen molar-refractivity contribution in [2.75, 3.05) is 18.1 Å². The number of pyridine rings is 1. The molecule has 0 aliphatic carbocycles. The maximum Gasteiger partial charge on any atom is 0.417 e. The van der Waals surface area contributed by atoms with E-state index in [-0.39, 0.29) is 22.1 Å². The highest BCUT2D eigenvalue weighted by molar-refractivity contribution is 7.92.